The largest absolute Gasteiger partial charge is 0.468 e. The minimum atomic E-state index is -0.338. The molecule has 0 radical (unpaired) electrons. The molecule has 0 spiro atoms. The van der Waals surface area contributed by atoms with Crippen molar-refractivity contribution in [2.75, 3.05) is 20.2 Å². The van der Waals surface area contributed by atoms with Crippen molar-refractivity contribution >= 4 is 11.5 Å². The van der Waals surface area contributed by atoms with Gasteiger partial charge < -0.3 is 4.74 Å². The van der Waals surface area contributed by atoms with Crippen molar-refractivity contribution in [3.05, 3.63) is 77.9 Å². The van der Waals surface area contributed by atoms with Gasteiger partial charge in [-0.2, -0.15) is 0 Å². The lowest BCUT2D eigenvalue weighted by Gasteiger charge is -2.32. The number of benzene rings is 2. The maximum atomic E-state index is 12.3. The van der Waals surface area contributed by atoms with Crippen LogP contribution in [0.4, 0.5) is 0 Å². The molecule has 2 aromatic carbocycles. The fourth-order valence-corrected chi connectivity index (χ4v) is 3.08. The van der Waals surface area contributed by atoms with E-state index in [1.54, 1.807) is 0 Å². The maximum Gasteiger partial charge on any atom is 0.327 e. The number of nitrogens with zero attached hydrogens (tertiary/aromatic N) is 1. The van der Waals surface area contributed by atoms with Crippen LogP contribution in [-0.2, 0) is 9.53 Å². The number of ether oxygens (including phenoxy) is 1. The number of carbonyl (C=O) groups excluding carboxylic acids is 1. The molecule has 0 aromatic heterocycles. The monoisotopic (exact) mass is 307 g/mol. The summed E-state index contributed by atoms with van der Waals surface area (Å²) >= 11 is 0. The molecule has 3 rings (SSSR count). The third-order valence-electron chi connectivity index (χ3n) is 4.29. The van der Waals surface area contributed by atoms with Crippen LogP contribution in [-0.4, -0.2) is 31.1 Å². The highest BCUT2D eigenvalue weighted by molar-refractivity contribution is 5.78. The van der Waals surface area contributed by atoms with E-state index < -0.39 is 0 Å². The lowest BCUT2D eigenvalue weighted by Crippen LogP contribution is -2.37. The van der Waals surface area contributed by atoms with Crippen LogP contribution in [0.25, 0.3) is 5.57 Å². The van der Waals surface area contributed by atoms with Crippen LogP contribution in [0.3, 0.4) is 0 Å². The second kappa shape index (κ2) is 7.25. The van der Waals surface area contributed by atoms with Crippen LogP contribution in [0.5, 0.6) is 0 Å². The van der Waals surface area contributed by atoms with Gasteiger partial charge in [0.1, 0.15) is 6.04 Å². The van der Waals surface area contributed by atoms with Gasteiger partial charge in [0.05, 0.1) is 7.11 Å². The Morgan fingerprint density at radius 2 is 1.70 bits per heavy atom. The van der Waals surface area contributed by atoms with Crippen molar-refractivity contribution in [3.8, 4) is 0 Å². The molecule has 0 fully saturated rings. The summed E-state index contributed by atoms with van der Waals surface area (Å²) in [5.74, 6) is -0.201. The van der Waals surface area contributed by atoms with Crippen molar-refractivity contribution in [1.82, 2.24) is 4.90 Å². The van der Waals surface area contributed by atoms with E-state index in [0.29, 0.717) is 0 Å². The van der Waals surface area contributed by atoms with Crippen molar-refractivity contribution in [1.29, 1.82) is 0 Å². The molecule has 0 N–H and O–H groups in total. The van der Waals surface area contributed by atoms with Gasteiger partial charge in [0.15, 0.2) is 0 Å². The smallest absolute Gasteiger partial charge is 0.327 e. The molecule has 0 saturated carbocycles. The van der Waals surface area contributed by atoms with Gasteiger partial charge in [-0.05, 0) is 23.1 Å². The van der Waals surface area contributed by atoms with Crippen LogP contribution in [0.2, 0.25) is 0 Å². The van der Waals surface area contributed by atoms with Gasteiger partial charge in [-0.1, -0.05) is 66.7 Å². The normalized spacial score (nSPS) is 16.5. The molecule has 1 aliphatic rings. The zero-order valence-corrected chi connectivity index (χ0v) is 13.3. The Balaban J connectivity index is 1.81. The summed E-state index contributed by atoms with van der Waals surface area (Å²) in [5, 5.41) is 0. The molecule has 1 aliphatic heterocycles. The van der Waals surface area contributed by atoms with Crippen LogP contribution in [0, 0.1) is 0 Å². The summed E-state index contributed by atoms with van der Waals surface area (Å²) < 4.78 is 5.03. The van der Waals surface area contributed by atoms with Crippen molar-refractivity contribution in [3.63, 3.8) is 0 Å². The maximum absolute atomic E-state index is 12.3. The van der Waals surface area contributed by atoms with Gasteiger partial charge in [-0.3, -0.25) is 4.90 Å². The first kappa shape index (κ1) is 15.5. The summed E-state index contributed by atoms with van der Waals surface area (Å²) in [6.07, 6.45) is 3.15. The molecular weight excluding hydrogens is 286 g/mol. The average Bonchev–Trinajstić information content (AvgIpc) is 2.64. The SMILES string of the molecule is COC(=O)[C@H](c1ccccc1)N1CC=C(c2ccccc2)CC1. The fourth-order valence-electron chi connectivity index (χ4n) is 3.08. The van der Waals surface area contributed by atoms with Gasteiger partial charge in [-0.25, -0.2) is 4.79 Å². The van der Waals surface area contributed by atoms with Crippen LogP contribution >= 0.6 is 0 Å². The van der Waals surface area contributed by atoms with E-state index in [1.807, 2.05) is 36.4 Å². The van der Waals surface area contributed by atoms with Crippen LogP contribution < -0.4 is 0 Å². The standard InChI is InChI=1S/C20H21NO2/c1-23-20(22)19(18-10-6-3-7-11-18)21-14-12-17(13-15-21)16-8-4-2-5-9-16/h2-12,19H,13-15H2,1H3/t19-/m0/s1. The Labute approximate surface area is 137 Å². The van der Waals surface area contributed by atoms with Gasteiger partial charge in [0, 0.05) is 13.1 Å². The molecule has 0 aliphatic carbocycles. The number of methoxy groups -OCH3 is 1. The van der Waals surface area contributed by atoms with Gasteiger partial charge in [-0.15, -0.1) is 0 Å². The fraction of sp³-hybridized carbons (Fsp3) is 0.250. The molecular formula is C20H21NO2. The van der Waals surface area contributed by atoms with E-state index in [4.69, 9.17) is 4.74 Å². The van der Waals surface area contributed by atoms with E-state index in [2.05, 4.69) is 35.2 Å². The first-order chi connectivity index (χ1) is 11.3. The van der Waals surface area contributed by atoms with Gasteiger partial charge in [0.2, 0.25) is 0 Å². The molecule has 0 bridgehead atoms. The van der Waals surface area contributed by atoms with Gasteiger partial charge >= 0.3 is 5.97 Å². The third kappa shape index (κ3) is 3.51. The predicted molar refractivity (Wildman–Crippen MR) is 91.8 cm³/mol. The number of rotatable bonds is 4. The molecule has 1 atom stereocenters. The highest BCUT2D eigenvalue weighted by Crippen LogP contribution is 2.28. The lowest BCUT2D eigenvalue weighted by atomic mass is 9.97. The zero-order chi connectivity index (χ0) is 16.1. The number of esters is 1. The van der Waals surface area contributed by atoms with E-state index in [0.717, 1.165) is 25.1 Å². The summed E-state index contributed by atoms with van der Waals surface area (Å²) in [5.41, 5.74) is 3.59. The minimum Gasteiger partial charge on any atom is -0.468 e. The molecule has 0 unspecified atom stereocenters. The first-order valence-corrected chi connectivity index (χ1v) is 7.91. The summed E-state index contributed by atoms with van der Waals surface area (Å²) in [4.78, 5) is 14.5. The molecule has 1 heterocycles. The molecule has 0 amide bonds. The summed E-state index contributed by atoms with van der Waals surface area (Å²) in [6, 6.07) is 19.9. The van der Waals surface area contributed by atoms with Gasteiger partial charge in [0.25, 0.3) is 0 Å². The van der Waals surface area contributed by atoms with E-state index >= 15 is 0 Å². The second-order valence-corrected chi connectivity index (χ2v) is 5.68. The molecule has 2 aromatic rings. The first-order valence-electron chi connectivity index (χ1n) is 7.91. The summed E-state index contributed by atoms with van der Waals surface area (Å²) in [7, 11) is 1.45. The summed E-state index contributed by atoms with van der Waals surface area (Å²) in [6.45, 7) is 1.59. The van der Waals surface area contributed by atoms with E-state index in [-0.39, 0.29) is 12.0 Å². The highest BCUT2D eigenvalue weighted by Gasteiger charge is 2.29. The Kier molecular flexibility index (Phi) is 4.89. The number of hydrogen-bond donors (Lipinski definition) is 0. The Bertz CT molecular complexity index is 679. The Morgan fingerprint density at radius 1 is 1.04 bits per heavy atom. The number of hydrogen-bond acceptors (Lipinski definition) is 3. The topological polar surface area (TPSA) is 29.5 Å². The molecule has 118 valence electrons. The van der Waals surface area contributed by atoms with Crippen molar-refractivity contribution < 1.29 is 9.53 Å². The molecule has 3 heteroatoms. The second-order valence-electron chi connectivity index (χ2n) is 5.68. The average molecular weight is 307 g/mol. The van der Waals surface area contributed by atoms with Crippen LogP contribution in [0.15, 0.2) is 66.7 Å². The molecule has 23 heavy (non-hydrogen) atoms. The highest BCUT2D eigenvalue weighted by atomic mass is 16.5. The van der Waals surface area contributed by atoms with Crippen molar-refractivity contribution in [2.24, 2.45) is 0 Å². The zero-order valence-electron chi connectivity index (χ0n) is 13.3. The Hall–Kier alpha value is -2.39. The quantitative estimate of drug-likeness (QED) is 0.807. The predicted octanol–water partition coefficient (Wildman–Crippen LogP) is 3.69. The molecule has 3 nitrogen and oxygen atoms in total. The minimum absolute atomic E-state index is 0.201. The van der Waals surface area contributed by atoms with Crippen LogP contribution in [0.1, 0.15) is 23.6 Å². The van der Waals surface area contributed by atoms with Crippen molar-refractivity contribution in [2.45, 2.75) is 12.5 Å². The Morgan fingerprint density at radius 3 is 2.26 bits per heavy atom. The third-order valence-corrected chi connectivity index (χ3v) is 4.29. The lowest BCUT2D eigenvalue weighted by molar-refractivity contribution is -0.147. The number of carbonyl (C=O) groups is 1. The van der Waals surface area contributed by atoms with E-state index in [9.17, 15) is 4.79 Å². The molecule has 0 saturated heterocycles. The van der Waals surface area contributed by atoms with E-state index in [1.165, 1.54) is 18.2 Å².